The van der Waals surface area contributed by atoms with Gasteiger partial charge in [0.15, 0.2) is 0 Å². The number of rotatable bonds is 8. The van der Waals surface area contributed by atoms with Crippen LogP contribution in [0.5, 0.6) is 0 Å². The Hall–Kier alpha value is -0.820. The number of benzene rings is 1. The Balaban J connectivity index is 2.19. The Morgan fingerprint density at radius 2 is 1.82 bits per heavy atom. The molecule has 96 valence electrons. The van der Waals surface area contributed by atoms with Crippen LogP contribution in [0.4, 0.5) is 0 Å². The van der Waals surface area contributed by atoms with Crippen LogP contribution in [-0.2, 0) is 6.42 Å². The van der Waals surface area contributed by atoms with Crippen molar-refractivity contribution in [1.29, 1.82) is 0 Å². The third-order valence-electron chi connectivity index (χ3n) is 3.40. The molecule has 1 rings (SSSR count). The quantitative estimate of drug-likeness (QED) is 0.666. The maximum Gasteiger partial charge on any atom is 0.0543 e. The number of aryl methyl sites for hydroxylation is 2. The summed E-state index contributed by atoms with van der Waals surface area (Å²) in [6, 6.07) is 8.46. The van der Waals surface area contributed by atoms with Crippen LogP contribution in [0.3, 0.4) is 0 Å². The van der Waals surface area contributed by atoms with Crippen LogP contribution in [0.1, 0.15) is 56.6 Å². The van der Waals surface area contributed by atoms with Gasteiger partial charge in [-0.25, -0.2) is 0 Å². The smallest absolute Gasteiger partial charge is 0.0543 e. The first-order valence-corrected chi connectivity index (χ1v) is 6.96. The van der Waals surface area contributed by atoms with Crippen molar-refractivity contribution in [3.8, 4) is 0 Å². The summed E-state index contributed by atoms with van der Waals surface area (Å²) in [5.41, 5.74) is 2.71. The molecule has 0 aromatic heterocycles. The molecule has 0 fully saturated rings. The molecule has 1 unspecified atom stereocenters. The second kappa shape index (κ2) is 8.30. The lowest BCUT2D eigenvalue weighted by atomic mass is 9.99. The second-order valence-electron chi connectivity index (χ2n) is 4.97. The van der Waals surface area contributed by atoms with Gasteiger partial charge >= 0.3 is 0 Å². The van der Waals surface area contributed by atoms with E-state index < -0.39 is 0 Å². The first kappa shape index (κ1) is 14.2. The summed E-state index contributed by atoms with van der Waals surface area (Å²) in [4.78, 5) is 0. The number of hydrogen-bond acceptors (Lipinski definition) is 1. The molecule has 1 aromatic rings. The van der Waals surface area contributed by atoms with E-state index in [2.05, 4.69) is 38.1 Å². The summed E-state index contributed by atoms with van der Waals surface area (Å²) in [6.07, 6.45) is 7.74. The fourth-order valence-corrected chi connectivity index (χ4v) is 2.16. The second-order valence-corrected chi connectivity index (χ2v) is 4.97. The van der Waals surface area contributed by atoms with Crippen LogP contribution in [0.2, 0.25) is 0 Å². The minimum Gasteiger partial charge on any atom is -0.393 e. The van der Waals surface area contributed by atoms with Gasteiger partial charge in [0.25, 0.3) is 0 Å². The third kappa shape index (κ3) is 5.88. The van der Waals surface area contributed by atoms with Gasteiger partial charge in [-0.3, -0.25) is 0 Å². The minimum absolute atomic E-state index is 0.119. The van der Waals surface area contributed by atoms with E-state index in [1.54, 1.807) is 0 Å². The third-order valence-corrected chi connectivity index (χ3v) is 3.40. The lowest BCUT2D eigenvalue weighted by Crippen LogP contribution is -2.08. The van der Waals surface area contributed by atoms with Crippen LogP contribution in [0.15, 0.2) is 24.3 Å². The highest BCUT2D eigenvalue weighted by atomic mass is 16.3. The lowest BCUT2D eigenvalue weighted by Gasteiger charge is -2.11. The van der Waals surface area contributed by atoms with E-state index >= 15 is 0 Å². The van der Waals surface area contributed by atoms with E-state index in [1.165, 1.54) is 36.8 Å². The molecule has 1 heteroatoms. The van der Waals surface area contributed by atoms with Gasteiger partial charge in [-0.15, -0.1) is 0 Å². The van der Waals surface area contributed by atoms with Gasteiger partial charge in [0.1, 0.15) is 0 Å². The number of aliphatic hydroxyl groups excluding tert-OH is 1. The van der Waals surface area contributed by atoms with Crippen molar-refractivity contribution in [2.45, 2.75) is 64.9 Å². The van der Waals surface area contributed by atoms with Crippen molar-refractivity contribution in [1.82, 2.24) is 0 Å². The van der Waals surface area contributed by atoms with Crippen LogP contribution in [-0.4, -0.2) is 11.2 Å². The first-order chi connectivity index (χ1) is 8.24. The van der Waals surface area contributed by atoms with Crippen molar-refractivity contribution in [3.05, 3.63) is 35.4 Å². The molecule has 1 atom stereocenters. The molecule has 0 saturated carbocycles. The topological polar surface area (TPSA) is 20.2 Å². The van der Waals surface area contributed by atoms with Crippen molar-refractivity contribution in [2.24, 2.45) is 0 Å². The van der Waals surface area contributed by atoms with Gasteiger partial charge < -0.3 is 5.11 Å². The molecule has 0 amide bonds. The summed E-state index contributed by atoms with van der Waals surface area (Å²) in [5, 5.41) is 9.90. The summed E-state index contributed by atoms with van der Waals surface area (Å²) in [5.74, 6) is 0. The molecule has 1 nitrogen and oxygen atoms in total. The van der Waals surface area contributed by atoms with Crippen LogP contribution >= 0.6 is 0 Å². The maximum absolute atomic E-state index is 9.90. The summed E-state index contributed by atoms with van der Waals surface area (Å²) >= 11 is 0. The highest BCUT2D eigenvalue weighted by molar-refractivity contribution is 5.25. The molecule has 0 heterocycles. The van der Waals surface area contributed by atoms with E-state index in [1.807, 2.05) is 0 Å². The zero-order chi connectivity index (χ0) is 12.5. The average molecular weight is 234 g/mol. The minimum atomic E-state index is -0.119. The van der Waals surface area contributed by atoms with Gasteiger partial charge in [0, 0.05) is 0 Å². The average Bonchev–Trinajstić information content (AvgIpc) is 2.34. The summed E-state index contributed by atoms with van der Waals surface area (Å²) in [7, 11) is 0. The fourth-order valence-electron chi connectivity index (χ4n) is 2.16. The molecule has 0 aliphatic heterocycles. The monoisotopic (exact) mass is 234 g/mol. The highest BCUT2D eigenvalue weighted by Crippen LogP contribution is 2.14. The van der Waals surface area contributed by atoms with Crippen LogP contribution in [0.25, 0.3) is 0 Å². The molecule has 0 bridgehead atoms. The van der Waals surface area contributed by atoms with Crippen molar-refractivity contribution < 1.29 is 5.11 Å². The molecule has 1 N–H and O–H groups in total. The molecule has 0 aliphatic rings. The van der Waals surface area contributed by atoms with E-state index in [0.717, 1.165) is 19.3 Å². The van der Waals surface area contributed by atoms with E-state index in [9.17, 15) is 5.11 Å². The Morgan fingerprint density at radius 3 is 2.53 bits per heavy atom. The van der Waals surface area contributed by atoms with Gasteiger partial charge in [0.2, 0.25) is 0 Å². The van der Waals surface area contributed by atoms with Crippen LogP contribution in [0, 0.1) is 6.92 Å². The normalized spacial score (nSPS) is 12.6. The van der Waals surface area contributed by atoms with E-state index in [0.29, 0.717) is 0 Å². The zero-order valence-corrected chi connectivity index (χ0v) is 11.3. The van der Waals surface area contributed by atoms with Crippen molar-refractivity contribution >= 4 is 0 Å². The van der Waals surface area contributed by atoms with Gasteiger partial charge in [-0.05, 0) is 37.3 Å². The number of aliphatic hydroxyl groups is 1. The maximum atomic E-state index is 9.90. The van der Waals surface area contributed by atoms with Gasteiger partial charge in [-0.2, -0.15) is 0 Å². The molecule has 0 spiro atoms. The Kier molecular flexibility index (Phi) is 6.95. The predicted octanol–water partition coefficient (Wildman–Crippen LogP) is 4.26. The molecule has 0 radical (unpaired) electrons. The number of unbranched alkanes of at least 4 members (excludes halogenated alkanes) is 3. The number of hydrogen-bond donors (Lipinski definition) is 1. The molecular formula is C16H26O. The Labute approximate surface area is 106 Å². The summed E-state index contributed by atoms with van der Waals surface area (Å²) < 4.78 is 0. The molecule has 0 saturated heterocycles. The summed E-state index contributed by atoms with van der Waals surface area (Å²) in [6.45, 7) is 4.36. The van der Waals surface area contributed by atoms with Gasteiger partial charge in [0.05, 0.1) is 6.10 Å². The molecule has 1 aromatic carbocycles. The highest BCUT2D eigenvalue weighted by Gasteiger charge is 2.05. The Bertz CT molecular complexity index is 306. The fraction of sp³-hybridized carbons (Fsp3) is 0.625. The van der Waals surface area contributed by atoms with Crippen molar-refractivity contribution in [3.63, 3.8) is 0 Å². The zero-order valence-electron chi connectivity index (χ0n) is 11.3. The van der Waals surface area contributed by atoms with E-state index in [-0.39, 0.29) is 6.10 Å². The van der Waals surface area contributed by atoms with Crippen LogP contribution < -0.4 is 0 Å². The van der Waals surface area contributed by atoms with Gasteiger partial charge in [-0.1, -0.05) is 56.9 Å². The SMILES string of the molecule is CCCCCCC(O)CCc1ccccc1C. The van der Waals surface area contributed by atoms with E-state index in [4.69, 9.17) is 0 Å². The largest absolute Gasteiger partial charge is 0.393 e. The predicted molar refractivity (Wildman–Crippen MR) is 74.3 cm³/mol. The van der Waals surface area contributed by atoms with Crippen molar-refractivity contribution in [2.75, 3.05) is 0 Å². The Morgan fingerprint density at radius 1 is 1.06 bits per heavy atom. The lowest BCUT2D eigenvalue weighted by molar-refractivity contribution is 0.151. The standard InChI is InChI=1S/C16H26O/c1-3-4-5-6-11-16(17)13-12-15-10-8-7-9-14(15)2/h7-10,16-17H,3-6,11-13H2,1-2H3. The molecule has 17 heavy (non-hydrogen) atoms. The molecule has 0 aliphatic carbocycles. The molecular weight excluding hydrogens is 208 g/mol. The first-order valence-electron chi connectivity index (χ1n) is 6.96.